The molecule has 0 amide bonds. The van der Waals surface area contributed by atoms with E-state index in [1.807, 2.05) is 71.8 Å². The number of ether oxygens (including phenoxy) is 4. The second-order valence-corrected chi connectivity index (χ2v) is 19.2. The first-order valence-electron chi connectivity index (χ1n) is 24.7. The Morgan fingerprint density at radius 1 is 0.701 bits per heavy atom. The molecule has 2 aromatic carbocycles. The van der Waals surface area contributed by atoms with Crippen LogP contribution in [0.2, 0.25) is 0 Å². The van der Waals surface area contributed by atoms with Gasteiger partial charge >= 0.3 is 11.9 Å². The van der Waals surface area contributed by atoms with Crippen LogP contribution in [0.1, 0.15) is 106 Å². The normalized spacial score (nSPS) is 25.1. The van der Waals surface area contributed by atoms with Crippen LogP contribution in [-0.4, -0.2) is 99.2 Å². The monoisotopic (exact) mass is 910 g/mol. The Labute approximate surface area is 394 Å². The SMILES string of the molecule is C=C[C@H]1CN2CC[C@H]1C[C@H]2[C@H](OC(=O)CCCCCCn1cc(CCCCC(=O)O[C@H](c2ccnc3ccc(OC)cc23)[C@@H]2C[C@@H]3CCN2C[C@@H]3C=C)nn1)c1ccnc2ccc(OC)cc12. The Hall–Kier alpha value is -5.66. The van der Waals surface area contributed by atoms with Crippen molar-refractivity contribution in [2.75, 3.05) is 40.4 Å². The number of nitrogens with zero attached hydrogens (tertiary/aromatic N) is 7. The number of unbranched alkanes of at least 4 members (excludes halogenated alkanes) is 4. The predicted molar refractivity (Wildman–Crippen MR) is 258 cm³/mol. The van der Waals surface area contributed by atoms with Crippen molar-refractivity contribution in [1.29, 1.82) is 0 Å². The van der Waals surface area contributed by atoms with E-state index in [1.54, 1.807) is 14.2 Å². The Kier molecular flexibility index (Phi) is 14.9. The van der Waals surface area contributed by atoms with Crippen LogP contribution in [0.4, 0.5) is 0 Å². The van der Waals surface area contributed by atoms with Gasteiger partial charge in [-0.15, -0.1) is 18.3 Å². The molecule has 2 unspecified atom stereocenters. The third-order valence-electron chi connectivity index (χ3n) is 15.3. The number of pyridine rings is 2. The third-order valence-corrected chi connectivity index (χ3v) is 15.3. The second-order valence-electron chi connectivity index (χ2n) is 19.2. The second kappa shape index (κ2) is 21.5. The average molecular weight is 910 g/mol. The van der Waals surface area contributed by atoms with E-state index in [4.69, 9.17) is 18.9 Å². The molecule has 13 heteroatoms. The molecule has 10 atom stereocenters. The molecule has 5 aromatic rings. The van der Waals surface area contributed by atoms with Gasteiger partial charge in [0.25, 0.3) is 0 Å². The highest BCUT2D eigenvalue weighted by Crippen LogP contribution is 2.45. The number of rotatable bonds is 22. The molecule has 0 radical (unpaired) electrons. The van der Waals surface area contributed by atoms with Crippen molar-refractivity contribution in [1.82, 2.24) is 34.8 Å². The lowest BCUT2D eigenvalue weighted by Crippen LogP contribution is -2.55. The van der Waals surface area contributed by atoms with Gasteiger partial charge in [0.15, 0.2) is 0 Å². The highest BCUT2D eigenvalue weighted by molar-refractivity contribution is 5.85. The minimum Gasteiger partial charge on any atom is -0.497 e. The first-order chi connectivity index (χ1) is 32.8. The number of carbonyl (C=O) groups excluding carboxylic acids is 2. The van der Waals surface area contributed by atoms with Gasteiger partial charge in [0.05, 0.1) is 43.0 Å². The zero-order valence-electron chi connectivity index (χ0n) is 39.3. The summed E-state index contributed by atoms with van der Waals surface area (Å²) in [7, 11) is 3.33. The molecule has 13 nitrogen and oxygen atoms in total. The van der Waals surface area contributed by atoms with Gasteiger partial charge in [0, 0.05) is 73.0 Å². The molecule has 6 aliphatic heterocycles. The van der Waals surface area contributed by atoms with E-state index in [2.05, 4.69) is 55.4 Å². The van der Waals surface area contributed by atoms with Gasteiger partial charge in [-0.25, -0.2) is 0 Å². The fraction of sp³-hybridized carbons (Fsp3) is 0.519. The van der Waals surface area contributed by atoms with Gasteiger partial charge in [-0.2, -0.15) is 0 Å². The van der Waals surface area contributed by atoms with Crippen molar-refractivity contribution in [2.45, 2.75) is 114 Å². The van der Waals surface area contributed by atoms with Crippen LogP contribution in [0, 0.1) is 23.7 Å². The van der Waals surface area contributed by atoms with Gasteiger partial charge in [-0.05, 0) is 143 Å². The Morgan fingerprint density at radius 3 is 1.72 bits per heavy atom. The van der Waals surface area contributed by atoms with Crippen LogP contribution in [0.5, 0.6) is 11.5 Å². The summed E-state index contributed by atoms with van der Waals surface area (Å²) >= 11 is 0. The van der Waals surface area contributed by atoms with Crippen LogP contribution >= 0.6 is 0 Å². The maximum Gasteiger partial charge on any atom is 0.306 e. The first kappa shape index (κ1) is 46.5. The molecule has 0 saturated carbocycles. The standard InChI is InChI=1S/C54H67N7O6/c1-5-36-33-59-27-22-38(36)29-49(59)53(43-20-24-55-47-18-16-41(64-3)31-45(43)47)66-51(62)14-9-7-8-12-26-61-35-40(57-58-61)13-10-11-15-52(63)67-54(50-30-39-23-28-60(50)34-37(39)6-2)44-21-25-56-48-19-17-42(65-4)32-46(44)48/h5-6,16-21,24-25,31-32,35-39,49-50,53-54H,1-2,7-15,22-23,26-30,33-34H2,3-4H3/t36-,37-,38-,39-,49-,50-,53+,54+/m0/s1. The molecule has 11 rings (SSSR count). The number of benzene rings is 2. The van der Waals surface area contributed by atoms with Crippen molar-refractivity contribution in [2.24, 2.45) is 23.7 Å². The topological polar surface area (TPSA) is 134 Å². The van der Waals surface area contributed by atoms with Gasteiger partial charge in [-0.3, -0.25) is 34.0 Å². The van der Waals surface area contributed by atoms with Crippen molar-refractivity contribution in [3.05, 3.63) is 109 Å². The van der Waals surface area contributed by atoms with E-state index in [-0.39, 0.29) is 24.0 Å². The summed E-state index contributed by atoms with van der Waals surface area (Å²) in [6.45, 7) is 12.9. The van der Waals surface area contributed by atoms with Crippen molar-refractivity contribution in [3.8, 4) is 11.5 Å². The Balaban J connectivity index is 0.728. The van der Waals surface area contributed by atoms with Gasteiger partial charge < -0.3 is 18.9 Å². The minimum atomic E-state index is -0.408. The number of hydrogen-bond donors (Lipinski definition) is 0. The number of piperidine rings is 6. The zero-order chi connectivity index (χ0) is 46.3. The van der Waals surface area contributed by atoms with E-state index in [0.29, 0.717) is 42.9 Å². The van der Waals surface area contributed by atoms with E-state index >= 15 is 0 Å². The first-order valence-corrected chi connectivity index (χ1v) is 24.7. The van der Waals surface area contributed by atoms with Crippen LogP contribution < -0.4 is 9.47 Å². The molecule has 6 aliphatic rings. The number of carbonyl (C=O) groups is 2. The van der Waals surface area contributed by atoms with Crippen LogP contribution in [-0.2, 0) is 32.0 Å². The molecule has 0 aliphatic carbocycles. The smallest absolute Gasteiger partial charge is 0.306 e. The lowest BCUT2D eigenvalue weighted by molar-refractivity contribution is -0.158. The molecule has 6 saturated heterocycles. The summed E-state index contributed by atoms with van der Waals surface area (Å²) in [5.74, 6) is 3.19. The highest BCUT2D eigenvalue weighted by atomic mass is 16.5. The quantitative estimate of drug-likeness (QED) is 0.0372. The molecule has 0 N–H and O–H groups in total. The molecule has 4 bridgehead atoms. The number of methoxy groups -OCH3 is 2. The van der Waals surface area contributed by atoms with Crippen LogP contribution in [0.25, 0.3) is 21.8 Å². The molecule has 354 valence electrons. The lowest BCUT2D eigenvalue weighted by Gasteiger charge is -2.51. The number of aryl methyl sites for hydroxylation is 2. The number of aromatic nitrogens is 5. The summed E-state index contributed by atoms with van der Waals surface area (Å²) < 4.78 is 26.0. The Bertz CT molecular complexity index is 2530. The average Bonchev–Trinajstić information content (AvgIpc) is 3.84. The van der Waals surface area contributed by atoms with Crippen molar-refractivity contribution >= 4 is 33.7 Å². The van der Waals surface area contributed by atoms with Crippen molar-refractivity contribution < 1.29 is 28.5 Å². The fourth-order valence-electron chi connectivity index (χ4n) is 11.6. The fourth-order valence-corrected chi connectivity index (χ4v) is 11.6. The van der Waals surface area contributed by atoms with E-state index in [1.165, 1.54) is 0 Å². The van der Waals surface area contributed by atoms with Gasteiger partial charge in [0.1, 0.15) is 23.7 Å². The molecule has 0 spiro atoms. The molecule has 3 aromatic heterocycles. The summed E-state index contributed by atoms with van der Waals surface area (Å²) in [4.78, 5) is 41.4. The predicted octanol–water partition coefficient (Wildman–Crippen LogP) is 9.42. The molecular formula is C54H67N7O6. The molecule has 6 fully saturated rings. The maximum atomic E-state index is 13.6. The third kappa shape index (κ3) is 10.6. The summed E-state index contributed by atoms with van der Waals surface area (Å²) in [5, 5.41) is 10.7. The van der Waals surface area contributed by atoms with Gasteiger partial charge in [0.2, 0.25) is 0 Å². The van der Waals surface area contributed by atoms with Crippen LogP contribution in [0.3, 0.4) is 0 Å². The van der Waals surface area contributed by atoms with E-state index < -0.39 is 12.2 Å². The maximum absolute atomic E-state index is 13.6. The minimum absolute atomic E-state index is 0.0938. The van der Waals surface area contributed by atoms with E-state index in [9.17, 15) is 9.59 Å². The summed E-state index contributed by atoms with van der Waals surface area (Å²) in [6, 6.07) is 16.0. The number of hydrogen-bond acceptors (Lipinski definition) is 12. The highest BCUT2D eigenvalue weighted by Gasteiger charge is 2.46. The number of esters is 2. The largest absolute Gasteiger partial charge is 0.497 e. The zero-order valence-corrected chi connectivity index (χ0v) is 39.3. The van der Waals surface area contributed by atoms with Crippen LogP contribution in [0.15, 0.2) is 92.4 Å². The Morgan fingerprint density at radius 2 is 1.22 bits per heavy atom. The lowest BCUT2D eigenvalue weighted by atomic mass is 9.73. The van der Waals surface area contributed by atoms with Crippen molar-refractivity contribution in [3.63, 3.8) is 0 Å². The molecular weight excluding hydrogens is 843 g/mol. The van der Waals surface area contributed by atoms with E-state index in [0.717, 1.165) is 147 Å². The number of fused-ring (bicyclic) bond motifs is 8. The summed E-state index contributed by atoms with van der Waals surface area (Å²) in [6.07, 6.45) is 19.8. The molecule has 9 heterocycles. The summed E-state index contributed by atoms with van der Waals surface area (Å²) in [5.41, 5.74) is 4.61. The van der Waals surface area contributed by atoms with Gasteiger partial charge in [-0.1, -0.05) is 30.2 Å². The molecule has 67 heavy (non-hydrogen) atoms.